The summed E-state index contributed by atoms with van der Waals surface area (Å²) >= 11 is 0. The van der Waals surface area contributed by atoms with Crippen molar-refractivity contribution in [2.45, 2.75) is 206 Å². The van der Waals surface area contributed by atoms with Crippen molar-refractivity contribution in [2.24, 2.45) is 0 Å². The second-order valence-electron chi connectivity index (χ2n) is 13.8. The standard InChI is InChI=1S/C42H82O5/c1-3-5-7-9-11-13-15-17-19-21-23-25-27-29-31-33-35-46-41(37-43)39-45-40-42(38-44)47-36-34-32-30-28-26-24-22-20-18-16-14-12-10-8-6-4-2/h17-20,41-44H,3-16,21-40H2,1-2H3. The molecule has 0 fully saturated rings. The van der Waals surface area contributed by atoms with Crippen molar-refractivity contribution in [3.05, 3.63) is 24.3 Å². The number of aliphatic hydroxyl groups excluding tert-OH is 2. The lowest BCUT2D eigenvalue weighted by Gasteiger charge is -2.19. The highest BCUT2D eigenvalue weighted by molar-refractivity contribution is 4.82. The molecule has 0 rings (SSSR count). The number of aliphatic hydroxyl groups is 2. The summed E-state index contributed by atoms with van der Waals surface area (Å²) in [5.74, 6) is 0. The fourth-order valence-corrected chi connectivity index (χ4v) is 5.84. The van der Waals surface area contributed by atoms with Gasteiger partial charge in [-0.25, -0.2) is 0 Å². The quantitative estimate of drug-likeness (QED) is 0.0503. The smallest absolute Gasteiger partial charge is 0.104 e. The number of unbranched alkanes of at least 4 members (excludes halogenated alkanes) is 24. The van der Waals surface area contributed by atoms with Gasteiger partial charge in [-0.1, -0.05) is 154 Å². The summed E-state index contributed by atoms with van der Waals surface area (Å²) in [6.07, 6.45) is 45.0. The van der Waals surface area contributed by atoms with Crippen LogP contribution in [0.25, 0.3) is 0 Å². The van der Waals surface area contributed by atoms with E-state index < -0.39 is 0 Å². The molecule has 0 spiro atoms. The van der Waals surface area contributed by atoms with Gasteiger partial charge in [-0.05, 0) is 64.2 Å². The van der Waals surface area contributed by atoms with Gasteiger partial charge in [-0.15, -0.1) is 0 Å². The molecule has 2 N–H and O–H groups in total. The number of rotatable bonds is 40. The molecule has 0 saturated carbocycles. The van der Waals surface area contributed by atoms with Crippen LogP contribution in [-0.2, 0) is 14.2 Å². The van der Waals surface area contributed by atoms with Crippen molar-refractivity contribution < 1.29 is 24.4 Å². The topological polar surface area (TPSA) is 68.2 Å². The molecule has 5 heteroatoms. The molecule has 2 atom stereocenters. The van der Waals surface area contributed by atoms with Gasteiger partial charge in [-0.3, -0.25) is 0 Å². The van der Waals surface area contributed by atoms with Gasteiger partial charge in [0.15, 0.2) is 0 Å². The monoisotopic (exact) mass is 667 g/mol. The second-order valence-corrected chi connectivity index (χ2v) is 13.8. The Morgan fingerprint density at radius 3 is 0.957 bits per heavy atom. The predicted octanol–water partition coefficient (Wildman–Crippen LogP) is 11.8. The minimum absolute atomic E-state index is 0.0491. The Hall–Kier alpha value is -0.720. The zero-order valence-electron chi connectivity index (χ0n) is 31.6. The van der Waals surface area contributed by atoms with Gasteiger partial charge < -0.3 is 24.4 Å². The molecule has 0 aromatic rings. The fourth-order valence-electron chi connectivity index (χ4n) is 5.84. The highest BCUT2D eigenvalue weighted by Crippen LogP contribution is 2.12. The van der Waals surface area contributed by atoms with E-state index in [2.05, 4.69) is 38.2 Å². The van der Waals surface area contributed by atoms with Gasteiger partial charge in [0.2, 0.25) is 0 Å². The van der Waals surface area contributed by atoms with Crippen LogP contribution in [0.5, 0.6) is 0 Å². The van der Waals surface area contributed by atoms with Gasteiger partial charge in [0.25, 0.3) is 0 Å². The van der Waals surface area contributed by atoms with Crippen molar-refractivity contribution in [3.8, 4) is 0 Å². The van der Waals surface area contributed by atoms with E-state index in [0.717, 1.165) is 12.8 Å². The molecule has 0 heterocycles. The van der Waals surface area contributed by atoms with Crippen molar-refractivity contribution in [3.63, 3.8) is 0 Å². The van der Waals surface area contributed by atoms with Crippen LogP contribution < -0.4 is 0 Å². The van der Waals surface area contributed by atoms with Gasteiger partial charge in [0.1, 0.15) is 12.2 Å². The van der Waals surface area contributed by atoms with E-state index in [1.807, 2.05) is 0 Å². The zero-order chi connectivity index (χ0) is 34.1. The van der Waals surface area contributed by atoms with Crippen molar-refractivity contribution >= 4 is 0 Å². The first-order valence-corrected chi connectivity index (χ1v) is 20.6. The van der Waals surface area contributed by atoms with Gasteiger partial charge >= 0.3 is 0 Å². The lowest BCUT2D eigenvalue weighted by atomic mass is 10.1. The molecule has 280 valence electrons. The summed E-state index contributed by atoms with van der Waals surface area (Å²) in [5.41, 5.74) is 0. The maximum Gasteiger partial charge on any atom is 0.104 e. The van der Waals surface area contributed by atoms with Crippen molar-refractivity contribution in [1.82, 2.24) is 0 Å². The van der Waals surface area contributed by atoms with Gasteiger partial charge in [0, 0.05) is 13.2 Å². The maximum atomic E-state index is 9.66. The molecular weight excluding hydrogens is 584 g/mol. The van der Waals surface area contributed by atoms with Crippen molar-refractivity contribution in [2.75, 3.05) is 39.6 Å². The van der Waals surface area contributed by atoms with Crippen LogP contribution in [0.2, 0.25) is 0 Å². The Labute approximate surface area is 293 Å². The first-order chi connectivity index (χ1) is 23.3. The summed E-state index contributed by atoms with van der Waals surface area (Å²) in [6, 6.07) is 0. The number of allylic oxidation sites excluding steroid dienone is 4. The number of hydrogen-bond donors (Lipinski definition) is 2. The van der Waals surface area contributed by atoms with E-state index in [1.165, 1.54) is 167 Å². The average molecular weight is 667 g/mol. The van der Waals surface area contributed by atoms with E-state index >= 15 is 0 Å². The van der Waals surface area contributed by atoms with Crippen LogP contribution >= 0.6 is 0 Å². The number of ether oxygens (including phenoxy) is 3. The lowest BCUT2D eigenvalue weighted by Crippen LogP contribution is -2.30. The molecule has 47 heavy (non-hydrogen) atoms. The molecule has 2 unspecified atom stereocenters. The van der Waals surface area contributed by atoms with E-state index in [-0.39, 0.29) is 25.4 Å². The minimum Gasteiger partial charge on any atom is -0.394 e. The molecule has 0 aromatic heterocycles. The zero-order valence-corrected chi connectivity index (χ0v) is 31.6. The third kappa shape index (κ3) is 37.9. The Kier molecular flexibility index (Phi) is 40.8. The molecule has 0 bridgehead atoms. The highest BCUT2D eigenvalue weighted by atomic mass is 16.6. The molecule has 0 amide bonds. The molecule has 5 nitrogen and oxygen atoms in total. The third-order valence-electron chi connectivity index (χ3n) is 9.03. The SMILES string of the molecule is CCCCCCCCC=CCCCCCCCCOC(CO)COCC(CO)OCCCCCCCCC=CCCCCCCCC. The summed E-state index contributed by atoms with van der Waals surface area (Å²) < 4.78 is 17.4. The average Bonchev–Trinajstić information content (AvgIpc) is 3.09. The van der Waals surface area contributed by atoms with Crippen LogP contribution in [0.4, 0.5) is 0 Å². The van der Waals surface area contributed by atoms with E-state index in [1.54, 1.807) is 0 Å². The maximum absolute atomic E-state index is 9.66. The van der Waals surface area contributed by atoms with Crippen LogP contribution in [0.15, 0.2) is 24.3 Å². The van der Waals surface area contributed by atoms with Crippen LogP contribution in [0.3, 0.4) is 0 Å². The first kappa shape index (κ1) is 46.3. The summed E-state index contributed by atoms with van der Waals surface area (Å²) in [7, 11) is 0. The Morgan fingerprint density at radius 1 is 0.383 bits per heavy atom. The second kappa shape index (κ2) is 41.5. The largest absolute Gasteiger partial charge is 0.394 e. The van der Waals surface area contributed by atoms with Crippen molar-refractivity contribution in [1.29, 1.82) is 0 Å². The highest BCUT2D eigenvalue weighted by Gasteiger charge is 2.12. The molecule has 0 aliphatic carbocycles. The fraction of sp³-hybridized carbons (Fsp3) is 0.905. The minimum atomic E-state index is -0.312. The third-order valence-corrected chi connectivity index (χ3v) is 9.03. The van der Waals surface area contributed by atoms with Crippen LogP contribution in [0, 0.1) is 0 Å². The van der Waals surface area contributed by atoms with E-state index in [0.29, 0.717) is 26.4 Å². The summed E-state index contributed by atoms with van der Waals surface area (Å²) in [5, 5.41) is 19.3. The molecular formula is C42H82O5. The van der Waals surface area contributed by atoms with Crippen LogP contribution in [0.1, 0.15) is 194 Å². The number of hydrogen-bond acceptors (Lipinski definition) is 5. The first-order valence-electron chi connectivity index (χ1n) is 20.6. The normalized spacial score (nSPS) is 13.4. The van der Waals surface area contributed by atoms with E-state index in [9.17, 15) is 10.2 Å². The summed E-state index contributed by atoms with van der Waals surface area (Å²) in [6.45, 7) is 6.43. The molecule has 0 radical (unpaired) electrons. The molecule has 0 saturated heterocycles. The predicted molar refractivity (Wildman–Crippen MR) is 203 cm³/mol. The van der Waals surface area contributed by atoms with E-state index in [4.69, 9.17) is 14.2 Å². The Morgan fingerprint density at radius 2 is 0.660 bits per heavy atom. The summed E-state index contributed by atoms with van der Waals surface area (Å²) in [4.78, 5) is 0. The van der Waals surface area contributed by atoms with Crippen LogP contribution in [-0.4, -0.2) is 62.1 Å². The Balaban J connectivity index is 3.52. The molecule has 0 aromatic carbocycles. The molecule has 0 aliphatic heterocycles. The van der Waals surface area contributed by atoms with Gasteiger partial charge in [-0.2, -0.15) is 0 Å². The molecule has 0 aliphatic rings. The van der Waals surface area contributed by atoms with Gasteiger partial charge in [0.05, 0.1) is 26.4 Å². The Bertz CT molecular complexity index is 570. The lowest BCUT2D eigenvalue weighted by molar-refractivity contribution is -0.0814.